The Morgan fingerprint density at radius 2 is 1.17 bits per heavy atom. The average Bonchev–Trinajstić information content (AvgIpc) is 3.79. The number of fused-ring (bicyclic) bond motifs is 4. The zero-order valence-corrected chi connectivity index (χ0v) is 39.8. The molecule has 0 spiro atoms. The molecule has 8 nitrogen and oxygen atoms in total. The van der Waals surface area contributed by atoms with Gasteiger partial charge in [0.25, 0.3) is 0 Å². The normalized spacial score (nSPS) is 12.5. The molecule has 0 saturated heterocycles. The number of ether oxygens (including phenoxy) is 1. The number of hydrogen-bond acceptors (Lipinski definition) is 7. The van der Waals surface area contributed by atoms with Gasteiger partial charge in [-0.1, -0.05) is 92.0 Å². The largest absolute Gasteiger partial charge is 0.509 e. The molecule has 0 amide bonds. The number of hydrogen-bond donors (Lipinski definition) is 0. The third kappa shape index (κ3) is 7.64. The van der Waals surface area contributed by atoms with Crippen LogP contribution >= 0.6 is 0 Å². The van der Waals surface area contributed by atoms with Crippen molar-refractivity contribution in [3.05, 3.63) is 179 Å². The molecule has 3 aromatic heterocycles. The molecule has 9 heteroatoms. The molecular weight excluding hydrogens is 970 g/mol. The van der Waals surface area contributed by atoms with Crippen LogP contribution in [-0.4, -0.2) is 24.5 Å². The first-order valence-corrected chi connectivity index (χ1v) is 21.4. The van der Waals surface area contributed by atoms with E-state index in [0.717, 1.165) is 78.1 Å². The van der Waals surface area contributed by atoms with Gasteiger partial charge in [0.15, 0.2) is 11.6 Å². The van der Waals surface area contributed by atoms with Gasteiger partial charge in [-0.15, -0.1) is 48.1 Å². The molecule has 0 fully saturated rings. The zero-order valence-electron chi connectivity index (χ0n) is 37.5. The molecule has 0 aliphatic carbocycles. The van der Waals surface area contributed by atoms with E-state index in [4.69, 9.17) is 24.7 Å². The Balaban J connectivity index is 0.00000518. The molecule has 9 aromatic rings. The molecule has 4 heterocycles. The molecule has 0 radical (unpaired) electrons. The van der Waals surface area contributed by atoms with E-state index in [2.05, 4.69) is 163 Å². The Morgan fingerprint density at radius 3 is 1.81 bits per heavy atom. The standard InChI is InChI=1S/C55H48N7O.Pt/c1-33-25-35(3)50(36(4)26-33)52-57-53(51-37(5)27-34(2)28-38(51)6)59-54(58-52)61-32-60(46-19-12-13-20-47(46)61)40-15-14-16-41(30-40)63-42-21-22-44-43-17-10-11-18-45(43)62(48(44)31-42)49-29-39(23-24-56-49)55(7,8)9;/h10-29,32H,1-9H3;/q-3;. The van der Waals surface area contributed by atoms with E-state index in [9.17, 15) is 0 Å². The minimum absolute atomic E-state index is 0. The summed E-state index contributed by atoms with van der Waals surface area (Å²) in [5.74, 6) is 3.78. The SMILES string of the molecule is Cc1cc(C)c(-c2nc(-c3c(C)cc(C)cc3C)nc(N3[CH-]N(c4[c-]c(Oc5[c-]c6c(cc5)c5ccccc5n6-c5cc(C(C)(C)C)ccn5)ccc4)c4ccccc43)n2)c(C)c1.[Pt]. The molecule has 6 aromatic carbocycles. The molecule has 1 aliphatic rings. The van der Waals surface area contributed by atoms with E-state index in [1.165, 1.54) is 16.7 Å². The summed E-state index contributed by atoms with van der Waals surface area (Å²) in [5.41, 5.74) is 14.7. The van der Waals surface area contributed by atoms with Gasteiger partial charge >= 0.3 is 0 Å². The number of aryl methyl sites for hydroxylation is 6. The van der Waals surface area contributed by atoms with Gasteiger partial charge < -0.3 is 19.1 Å². The van der Waals surface area contributed by atoms with Crippen LogP contribution < -0.4 is 14.5 Å². The molecule has 322 valence electrons. The van der Waals surface area contributed by atoms with Crippen molar-refractivity contribution < 1.29 is 25.8 Å². The minimum Gasteiger partial charge on any atom is -0.509 e. The second-order valence-corrected chi connectivity index (χ2v) is 17.8. The van der Waals surface area contributed by atoms with E-state index in [-0.39, 0.29) is 26.5 Å². The van der Waals surface area contributed by atoms with Crippen molar-refractivity contribution in [1.29, 1.82) is 0 Å². The molecule has 64 heavy (non-hydrogen) atoms. The number of nitrogens with zero attached hydrogens (tertiary/aromatic N) is 7. The molecule has 0 saturated carbocycles. The molecule has 0 unspecified atom stereocenters. The predicted molar refractivity (Wildman–Crippen MR) is 256 cm³/mol. The molecular formula is C55H48N7OPt-3. The average molecular weight is 1020 g/mol. The van der Waals surface area contributed by atoms with E-state index in [0.29, 0.717) is 29.1 Å². The van der Waals surface area contributed by atoms with Crippen molar-refractivity contribution in [2.75, 3.05) is 9.80 Å². The maximum absolute atomic E-state index is 6.61. The van der Waals surface area contributed by atoms with Gasteiger partial charge in [0.05, 0.1) is 0 Å². The first-order valence-electron chi connectivity index (χ1n) is 21.4. The van der Waals surface area contributed by atoms with Crippen molar-refractivity contribution in [2.24, 2.45) is 0 Å². The summed E-state index contributed by atoms with van der Waals surface area (Å²) in [5, 5.41) is 2.21. The summed E-state index contributed by atoms with van der Waals surface area (Å²) in [6.45, 7) is 21.4. The van der Waals surface area contributed by atoms with Gasteiger partial charge in [-0.3, -0.25) is 0 Å². The fraction of sp³-hybridized carbons (Fsp3) is 0.182. The number of pyridine rings is 1. The van der Waals surface area contributed by atoms with Crippen molar-refractivity contribution in [3.63, 3.8) is 0 Å². The summed E-state index contributed by atoms with van der Waals surface area (Å²) in [4.78, 5) is 24.6. The first-order chi connectivity index (χ1) is 30.3. The van der Waals surface area contributed by atoms with E-state index < -0.39 is 0 Å². The molecule has 1 aliphatic heterocycles. The van der Waals surface area contributed by atoms with Crippen LogP contribution in [0.2, 0.25) is 0 Å². The quantitative estimate of drug-likeness (QED) is 0.147. The maximum atomic E-state index is 6.61. The Hall–Kier alpha value is -6.63. The van der Waals surface area contributed by atoms with Crippen LogP contribution in [0.25, 0.3) is 50.4 Å². The first kappa shape index (κ1) is 42.7. The summed E-state index contributed by atoms with van der Waals surface area (Å²) in [6, 6.07) is 46.9. The van der Waals surface area contributed by atoms with Crippen LogP contribution in [0.5, 0.6) is 11.5 Å². The maximum Gasteiger partial charge on any atom is 0.205 e. The second kappa shape index (κ2) is 16.5. The van der Waals surface area contributed by atoms with Crippen molar-refractivity contribution in [1.82, 2.24) is 24.5 Å². The van der Waals surface area contributed by atoms with Crippen LogP contribution in [0.4, 0.5) is 23.0 Å². The monoisotopic (exact) mass is 1020 g/mol. The number of rotatable bonds is 7. The van der Waals surface area contributed by atoms with Crippen LogP contribution in [0.15, 0.2) is 121 Å². The minimum atomic E-state index is -0.0316. The molecule has 0 N–H and O–H groups in total. The van der Waals surface area contributed by atoms with Crippen molar-refractivity contribution in [2.45, 2.75) is 67.7 Å². The Kier molecular flexibility index (Phi) is 11.0. The van der Waals surface area contributed by atoms with Crippen molar-refractivity contribution in [3.8, 4) is 40.1 Å². The topological polar surface area (TPSA) is 72.2 Å². The second-order valence-electron chi connectivity index (χ2n) is 17.8. The Bertz CT molecular complexity index is 3150. The molecule has 0 bridgehead atoms. The summed E-state index contributed by atoms with van der Waals surface area (Å²) in [7, 11) is 0. The van der Waals surface area contributed by atoms with E-state index in [1.807, 2.05) is 54.2 Å². The van der Waals surface area contributed by atoms with Gasteiger partial charge in [0.2, 0.25) is 5.95 Å². The van der Waals surface area contributed by atoms with Gasteiger partial charge in [-0.2, -0.15) is 22.1 Å². The molecule has 10 rings (SSSR count). The summed E-state index contributed by atoms with van der Waals surface area (Å²) in [6.07, 6.45) is 1.89. The number of para-hydroxylation sites is 3. The van der Waals surface area contributed by atoms with Gasteiger partial charge in [0.1, 0.15) is 5.82 Å². The van der Waals surface area contributed by atoms with E-state index in [1.54, 1.807) is 0 Å². The van der Waals surface area contributed by atoms with Crippen LogP contribution in [0.3, 0.4) is 0 Å². The van der Waals surface area contributed by atoms with Gasteiger partial charge in [0, 0.05) is 66.8 Å². The number of anilines is 4. The Labute approximate surface area is 389 Å². The third-order valence-corrected chi connectivity index (χ3v) is 11.9. The van der Waals surface area contributed by atoms with Crippen molar-refractivity contribution >= 4 is 44.8 Å². The number of aromatic nitrogens is 5. The fourth-order valence-corrected chi connectivity index (χ4v) is 9.16. The third-order valence-electron chi connectivity index (χ3n) is 11.9. The molecule has 0 atom stereocenters. The zero-order chi connectivity index (χ0) is 43.7. The van der Waals surface area contributed by atoms with Gasteiger partial charge in [-0.25, -0.2) is 9.97 Å². The summed E-state index contributed by atoms with van der Waals surface area (Å²) < 4.78 is 8.79. The number of benzene rings is 6. The summed E-state index contributed by atoms with van der Waals surface area (Å²) >= 11 is 0. The fourth-order valence-electron chi connectivity index (χ4n) is 9.16. The Morgan fingerprint density at radius 1 is 0.578 bits per heavy atom. The van der Waals surface area contributed by atoms with Crippen LogP contribution in [0.1, 0.15) is 59.7 Å². The van der Waals surface area contributed by atoms with E-state index >= 15 is 0 Å². The predicted octanol–water partition coefficient (Wildman–Crippen LogP) is 13.6. The van der Waals surface area contributed by atoms with Gasteiger partial charge in [-0.05, 0) is 110 Å². The van der Waals surface area contributed by atoms with Crippen LogP contribution in [0, 0.1) is 60.3 Å². The smallest absolute Gasteiger partial charge is 0.205 e. The van der Waals surface area contributed by atoms with Crippen LogP contribution in [-0.2, 0) is 26.5 Å².